The van der Waals surface area contributed by atoms with Crippen LogP contribution in [0.3, 0.4) is 0 Å². The minimum absolute atomic E-state index is 0.0263. The van der Waals surface area contributed by atoms with E-state index in [1.807, 2.05) is 38.1 Å². The molecule has 1 rings (SSSR count). The molecule has 0 aliphatic heterocycles. The van der Waals surface area contributed by atoms with E-state index in [1.165, 1.54) is 0 Å². The van der Waals surface area contributed by atoms with Gasteiger partial charge in [0.2, 0.25) is 0 Å². The highest BCUT2D eigenvalue weighted by Crippen LogP contribution is 2.25. The zero-order valence-electron chi connectivity index (χ0n) is 12.4. The number of nitrogens with two attached hydrogens (primary N) is 1. The van der Waals surface area contributed by atoms with E-state index in [1.54, 1.807) is 7.11 Å². The minimum Gasteiger partial charge on any atom is -0.483 e. The van der Waals surface area contributed by atoms with E-state index >= 15 is 0 Å². The maximum absolute atomic E-state index is 11.7. The smallest absolute Gasteiger partial charge is 0.258 e. The van der Waals surface area contributed by atoms with Gasteiger partial charge in [-0.15, -0.1) is 0 Å². The lowest BCUT2D eigenvalue weighted by molar-refractivity contribution is -0.124. The third kappa shape index (κ3) is 5.19. The summed E-state index contributed by atoms with van der Waals surface area (Å²) >= 11 is 0. The molecule has 0 aromatic heterocycles. The van der Waals surface area contributed by atoms with E-state index < -0.39 is 0 Å². The Morgan fingerprint density at radius 2 is 2.10 bits per heavy atom. The van der Waals surface area contributed by atoms with Gasteiger partial charge >= 0.3 is 0 Å². The molecular weight excluding hydrogens is 256 g/mol. The van der Waals surface area contributed by atoms with Crippen LogP contribution in [0.15, 0.2) is 24.3 Å². The molecule has 0 heterocycles. The summed E-state index contributed by atoms with van der Waals surface area (Å²) in [6.45, 7) is 4.34. The second-order valence-electron chi connectivity index (χ2n) is 4.77. The number of hydrogen-bond donors (Lipinski definition) is 2. The number of carbonyl (C=O) groups excluding carboxylic acids is 1. The van der Waals surface area contributed by atoms with Crippen molar-refractivity contribution in [3.63, 3.8) is 0 Å². The van der Waals surface area contributed by atoms with Crippen molar-refractivity contribution in [2.75, 3.05) is 20.3 Å². The second-order valence-corrected chi connectivity index (χ2v) is 4.77. The summed E-state index contributed by atoms with van der Waals surface area (Å²) < 4.78 is 10.5. The Morgan fingerprint density at radius 3 is 2.75 bits per heavy atom. The van der Waals surface area contributed by atoms with Crippen molar-refractivity contribution in [2.45, 2.75) is 32.4 Å². The van der Waals surface area contributed by atoms with Crippen LogP contribution in [0.5, 0.6) is 5.75 Å². The van der Waals surface area contributed by atoms with Gasteiger partial charge in [0.25, 0.3) is 5.91 Å². The molecule has 0 saturated carbocycles. The van der Waals surface area contributed by atoms with Crippen LogP contribution in [0, 0.1) is 0 Å². The number of ether oxygens (including phenoxy) is 2. The van der Waals surface area contributed by atoms with Gasteiger partial charge in [0.15, 0.2) is 6.61 Å². The van der Waals surface area contributed by atoms with Gasteiger partial charge in [-0.3, -0.25) is 4.79 Å². The highest BCUT2D eigenvalue weighted by molar-refractivity contribution is 5.77. The molecule has 1 unspecified atom stereocenters. The van der Waals surface area contributed by atoms with Gasteiger partial charge in [-0.1, -0.05) is 25.1 Å². The number of para-hydroxylation sites is 1. The second kappa shape index (κ2) is 8.55. The number of methoxy groups -OCH3 is 1. The molecule has 0 radical (unpaired) electrons. The Morgan fingerprint density at radius 1 is 1.40 bits per heavy atom. The van der Waals surface area contributed by atoms with Crippen LogP contribution in [0.4, 0.5) is 0 Å². The predicted molar refractivity (Wildman–Crippen MR) is 78.6 cm³/mol. The molecule has 0 aliphatic rings. The largest absolute Gasteiger partial charge is 0.483 e. The highest BCUT2D eigenvalue weighted by Gasteiger charge is 2.12. The number of hydrogen-bond acceptors (Lipinski definition) is 4. The lowest BCUT2D eigenvalue weighted by atomic mass is 10.0. The van der Waals surface area contributed by atoms with E-state index in [4.69, 9.17) is 15.2 Å². The summed E-state index contributed by atoms with van der Waals surface area (Å²) in [5.74, 6) is 0.491. The number of benzene rings is 1. The molecule has 1 amide bonds. The van der Waals surface area contributed by atoms with Gasteiger partial charge < -0.3 is 20.5 Å². The average molecular weight is 280 g/mol. The molecule has 112 valence electrons. The van der Waals surface area contributed by atoms with Crippen molar-refractivity contribution in [1.82, 2.24) is 5.32 Å². The van der Waals surface area contributed by atoms with Crippen molar-refractivity contribution in [2.24, 2.45) is 5.73 Å². The molecule has 0 spiro atoms. The van der Waals surface area contributed by atoms with Gasteiger partial charge in [0, 0.05) is 24.8 Å². The average Bonchev–Trinajstić information content (AvgIpc) is 2.44. The first-order chi connectivity index (χ1) is 9.58. The number of nitrogens with one attached hydrogen (secondary N) is 1. The van der Waals surface area contributed by atoms with Crippen LogP contribution in [0.2, 0.25) is 0 Å². The molecule has 0 bridgehead atoms. The Hall–Kier alpha value is -1.59. The zero-order valence-corrected chi connectivity index (χ0v) is 12.4. The Balaban J connectivity index is 2.55. The predicted octanol–water partition coefficient (Wildman–Crippen LogP) is 1.63. The monoisotopic (exact) mass is 280 g/mol. The fraction of sp³-hybridized carbons (Fsp3) is 0.533. The van der Waals surface area contributed by atoms with E-state index in [0.717, 1.165) is 12.0 Å². The third-order valence-corrected chi connectivity index (χ3v) is 2.94. The summed E-state index contributed by atoms with van der Waals surface area (Å²) in [5, 5.41) is 2.79. The lowest BCUT2D eigenvalue weighted by Crippen LogP contribution is -2.38. The van der Waals surface area contributed by atoms with Crippen LogP contribution >= 0.6 is 0 Å². The molecule has 20 heavy (non-hydrogen) atoms. The van der Waals surface area contributed by atoms with Crippen molar-refractivity contribution >= 4 is 5.91 Å². The standard InChI is InChI=1S/C15H24N2O3/c1-4-13(16)12-7-5-6-8-14(12)20-10-15(18)17-11(2)9-19-3/h5-8,11,13H,4,9-10,16H2,1-3H3,(H,17,18)/t11?,13-/m0/s1. The number of carbonyl (C=O) groups is 1. The summed E-state index contributed by atoms with van der Waals surface area (Å²) in [6.07, 6.45) is 0.817. The topological polar surface area (TPSA) is 73.6 Å². The minimum atomic E-state index is -0.172. The highest BCUT2D eigenvalue weighted by atomic mass is 16.5. The van der Waals surface area contributed by atoms with E-state index in [0.29, 0.717) is 12.4 Å². The van der Waals surface area contributed by atoms with Gasteiger partial charge in [0.05, 0.1) is 6.61 Å². The van der Waals surface area contributed by atoms with Crippen molar-refractivity contribution in [3.05, 3.63) is 29.8 Å². The quantitative estimate of drug-likeness (QED) is 0.759. The number of rotatable bonds is 8. The molecule has 0 fully saturated rings. The van der Waals surface area contributed by atoms with Crippen LogP contribution < -0.4 is 15.8 Å². The molecule has 3 N–H and O–H groups in total. The molecule has 1 aromatic rings. The Kier molecular flexibility index (Phi) is 7.04. The maximum atomic E-state index is 11.7. The van der Waals surface area contributed by atoms with Crippen molar-refractivity contribution < 1.29 is 14.3 Å². The third-order valence-electron chi connectivity index (χ3n) is 2.94. The van der Waals surface area contributed by atoms with E-state index in [9.17, 15) is 4.79 Å². The first-order valence-corrected chi connectivity index (χ1v) is 6.84. The van der Waals surface area contributed by atoms with Crippen molar-refractivity contribution in [1.29, 1.82) is 0 Å². The molecular formula is C15H24N2O3. The van der Waals surface area contributed by atoms with Crippen LogP contribution in [-0.2, 0) is 9.53 Å². The molecule has 0 saturated heterocycles. The molecule has 5 heteroatoms. The summed E-state index contributed by atoms with van der Waals surface area (Å²) in [7, 11) is 1.60. The van der Waals surface area contributed by atoms with Gasteiger partial charge in [-0.25, -0.2) is 0 Å². The molecule has 2 atom stereocenters. The summed E-state index contributed by atoms with van der Waals surface area (Å²) in [6, 6.07) is 7.42. The van der Waals surface area contributed by atoms with Crippen LogP contribution in [0.1, 0.15) is 31.9 Å². The van der Waals surface area contributed by atoms with Gasteiger partial charge in [-0.2, -0.15) is 0 Å². The van der Waals surface area contributed by atoms with E-state index in [-0.39, 0.29) is 24.6 Å². The van der Waals surface area contributed by atoms with Crippen molar-refractivity contribution in [3.8, 4) is 5.75 Å². The molecule has 1 aromatic carbocycles. The Bertz CT molecular complexity index is 423. The normalized spacial score (nSPS) is 13.6. The maximum Gasteiger partial charge on any atom is 0.258 e. The first kappa shape index (κ1) is 16.5. The van der Waals surface area contributed by atoms with E-state index in [2.05, 4.69) is 5.32 Å². The van der Waals surface area contributed by atoms with Crippen LogP contribution in [-0.4, -0.2) is 32.3 Å². The fourth-order valence-electron chi connectivity index (χ4n) is 1.89. The molecule has 0 aliphatic carbocycles. The SMILES string of the molecule is CC[C@H](N)c1ccccc1OCC(=O)NC(C)COC. The zero-order chi connectivity index (χ0) is 15.0. The lowest BCUT2D eigenvalue weighted by Gasteiger charge is -2.16. The van der Waals surface area contributed by atoms with Gasteiger partial charge in [0.1, 0.15) is 5.75 Å². The van der Waals surface area contributed by atoms with Crippen LogP contribution in [0.25, 0.3) is 0 Å². The summed E-state index contributed by atoms with van der Waals surface area (Å²) in [4.78, 5) is 11.7. The van der Waals surface area contributed by atoms with Gasteiger partial charge in [-0.05, 0) is 19.4 Å². The first-order valence-electron chi connectivity index (χ1n) is 6.84. The fourth-order valence-corrected chi connectivity index (χ4v) is 1.89. The molecule has 5 nitrogen and oxygen atoms in total. The Labute approximate surface area is 120 Å². The summed E-state index contributed by atoms with van der Waals surface area (Å²) in [5.41, 5.74) is 6.95. The number of amides is 1.